The van der Waals surface area contributed by atoms with E-state index in [9.17, 15) is 27.2 Å². The van der Waals surface area contributed by atoms with E-state index in [0.717, 1.165) is 31.4 Å². The van der Waals surface area contributed by atoms with Gasteiger partial charge in [0.05, 0.1) is 33.6 Å². The Kier molecular flexibility index (Phi) is 7.59. The average molecular weight is 612 g/mol. The van der Waals surface area contributed by atoms with E-state index in [1.807, 2.05) is 0 Å². The molecule has 0 bridgehead atoms. The second-order valence-electron chi connectivity index (χ2n) is 10.9. The van der Waals surface area contributed by atoms with Crippen molar-refractivity contribution in [3.8, 4) is 11.3 Å². The zero-order chi connectivity index (χ0) is 30.3. The largest absolute Gasteiger partial charge is 0.356 e. The van der Waals surface area contributed by atoms with Gasteiger partial charge in [0.1, 0.15) is 17.5 Å². The third-order valence-corrected chi connectivity index (χ3v) is 8.41. The number of carbonyl (C=O) groups is 2. The monoisotopic (exact) mass is 611 g/mol. The first-order valence-corrected chi connectivity index (χ1v) is 14.1. The first kappa shape index (κ1) is 28.7. The first-order chi connectivity index (χ1) is 20.6. The molecule has 2 aromatic heterocycles. The third kappa shape index (κ3) is 5.69. The Morgan fingerprint density at radius 1 is 1.09 bits per heavy atom. The van der Waals surface area contributed by atoms with Crippen molar-refractivity contribution in [1.82, 2.24) is 15.3 Å². The number of nitrogens with one attached hydrogen (secondary N) is 4. The van der Waals surface area contributed by atoms with Crippen LogP contribution in [0.25, 0.3) is 11.3 Å². The van der Waals surface area contributed by atoms with Crippen LogP contribution in [-0.2, 0) is 11.2 Å². The number of hydrogen-bond donors (Lipinski definition) is 4. The minimum Gasteiger partial charge on any atom is -0.356 e. The van der Waals surface area contributed by atoms with Crippen LogP contribution in [0.3, 0.4) is 0 Å². The molecule has 12 heteroatoms. The van der Waals surface area contributed by atoms with Crippen LogP contribution in [-0.4, -0.2) is 33.7 Å². The molecule has 0 saturated heterocycles. The van der Waals surface area contributed by atoms with E-state index < -0.39 is 36.3 Å². The molecular weight excluding hydrogens is 586 g/mol. The normalized spacial score (nSPS) is 15.9. The van der Waals surface area contributed by atoms with E-state index in [2.05, 4.69) is 25.9 Å². The summed E-state index contributed by atoms with van der Waals surface area (Å²) in [4.78, 5) is 34.1. The van der Waals surface area contributed by atoms with Crippen molar-refractivity contribution in [2.45, 2.75) is 50.0 Å². The van der Waals surface area contributed by atoms with E-state index >= 15 is 0 Å². The molecule has 1 unspecified atom stereocenters. The van der Waals surface area contributed by atoms with Crippen LogP contribution in [0.2, 0.25) is 5.02 Å². The Bertz CT molecular complexity index is 1710. The van der Waals surface area contributed by atoms with Crippen molar-refractivity contribution in [1.29, 1.82) is 0 Å². The molecule has 1 aliphatic heterocycles. The van der Waals surface area contributed by atoms with Gasteiger partial charge in [-0.25, -0.2) is 22.5 Å². The van der Waals surface area contributed by atoms with E-state index in [1.54, 1.807) is 12.1 Å². The second kappa shape index (κ2) is 11.4. The van der Waals surface area contributed by atoms with Gasteiger partial charge in [-0.3, -0.25) is 9.59 Å². The molecule has 1 fully saturated rings. The molecule has 1 spiro atoms. The Morgan fingerprint density at radius 2 is 1.86 bits per heavy atom. The molecule has 1 atom stereocenters. The quantitative estimate of drug-likeness (QED) is 0.157. The SMILES string of the molecule is O=C1NC2(CCC2)Cc2[nH]c(-c3ccnc(NC(=O)C(CC(F)F)c4ccc(F)cc4)c3)c(Nc3cccc(F)c3Cl)c21. The number of benzene rings is 2. The van der Waals surface area contributed by atoms with Gasteiger partial charge in [0, 0.05) is 35.8 Å². The Balaban J connectivity index is 1.36. The van der Waals surface area contributed by atoms with Gasteiger partial charge >= 0.3 is 0 Å². The van der Waals surface area contributed by atoms with Crippen LogP contribution < -0.4 is 16.0 Å². The van der Waals surface area contributed by atoms with Gasteiger partial charge in [-0.1, -0.05) is 29.8 Å². The summed E-state index contributed by atoms with van der Waals surface area (Å²) >= 11 is 6.23. The standard InChI is InChI=1S/C31H26ClF4N5O2/c32-26-20(34)3-1-4-21(26)38-28-25-22(15-31(10-2-11-31)41-30(25)43)39-27(28)17-9-12-37-24(13-17)40-29(42)19(14-23(35)36)16-5-7-18(33)8-6-16/h1,3-9,12-13,19,23,38-39H,2,10-11,14-15H2,(H,41,43)(H,37,40,42). The fraction of sp³-hybridized carbons (Fsp3) is 0.258. The molecular formula is C31H26ClF4N5O2. The van der Waals surface area contributed by atoms with Crippen LogP contribution >= 0.6 is 11.6 Å². The highest BCUT2D eigenvalue weighted by Crippen LogP contribution is 2.44. The zero-order valence-corrected chi connectivity index (χ0v) is 23.4. The maximum absolute atomic E-state index is 14.3. The zero-order valence-electron chi connectivity index (χ0n) is 22.6. The highest BCUT2D eigenvalue weighted by atomic mass is 35.5. The summed E-state index contributed by atoms with van der Waals surface area (Å²) in [7, 11) is 0. The van der Waals surface area contributed by atoms with Gasteiger partial charge in [0.2, 0.25) is 12.3 Å². The molecule has 7 nitrogen and oxygen atoms in total. The van der Waals surface area contributed by atoms with E-state index in [4.69, 9.17) is 11.6 Å². The van der Waals surface area contributed by atoms with Crippen molar-refractivity contribution in [2.24, 2.45) is 0 Å². The lowest BCUT2D eigenvalue weighted by Gasteiger charge is -2.45. The molecule has 43 heavy (non-hydrogen) atoms. The topological polar surface area (TPSA) is 98.9 Å². The molecule has 2 aliphatic rings. The number of carbonyl (C=O) groups excluding carboxylic acids is 2. The molecule has 6 rings (SSSR count). The predicted molar refractivity (Wildman–Crippen MR) is 155 cm³/mol. The minimum absolute atomic E-state index is 0.0751. The Morgan fingerprint density at radius 3 is 2.56 bits per heavy atom. The number of pyridine rings is 1. The number of H-pyrrole nitrogens is 1. The van der Waals surface area contributed by atoms with Gasteiger partial charge in [-0.15, -0.1) is 0 Å². The lowest BCUT2D eigenvalue weighted by atomic mass is 9.71. The summed E-state index contributed by atoms with van der Waals surface area (Å²) in [6.07, 6.45) is 1.16. The van der Waals surface area contributed by atoms with Gasteiger partial charge < -0.3 is 20.9 Å². The van der Waals surface area contributed by atoms with Gasteiger partial charge in [-0.2, -0.15) is 0 Å². The van der Waals surface area contributed by atoms with Crippen LogP contribution in [0.4, 0.5) is 34.8 Å². The molecule has 1 aliphatic carbocycles. The number of alkyl halides is 2. The van der Waals surface area contributed by atoms with Crippen LogP contribution in [0.15, 0.2) is 60.8 Å². The second-order valence-corrected chi connectivity index (χ2v) is 11.2. The molecule has 2 aromatic carbocycles. The fourth-order valence-corrected chi connectivity index (χ4v) is 5.91. The predicted octanol–water partition coefficient (Wildman–Crippen LogP) is 7.34. The van der Waals surface area contributed by atoms with Crippen molar-refractivity contribution >= 4 is 40.6 Å². The molecule has 0 radical (unpaired) electrons. The number of rotatable bonds is 8. The molecule has 2 amide bonds. The van der Waals surface area contributed by atoms with Crippen LogP contribution in [0.1, 0.15) is 53.2 Å². The van der Waals surface area contributed by atoms with Gasteiger partial charge in [0.25, 0.3) is 5.91 Å². The number of aromatic amines is 1. The summed E-state index contributed by atoms with van der Waals surface area (Å²) < 4.78 is 54.5. The van der Waals surface area contributed by atoms with Crippen molar-refractivity contribution in [3.05, 3.63) is 94.3 Å². The van der Waals surface area contributed by atoms with Gasteiger partial charge in [0.15, 0.2) is 0 Å². The maximum Gasteiger partial charge on any atom is 0.255 e. The van der Waals surface area contributed by atoms with E-state index in [0.29, 0.717) is 34.6 Å². The van der Waals surface area contributed by atoms with Crippen molar-refractivity contribution in [2.75, 3.05) is 10.6 Å². The lowest BCUT2D eigenvalue weighted by molar-refractivity contribution is -0.118. The lowest BCUT2D eigenvalue weighted by Crippen LogP contribution is -2.57. The molecule has 4 N–H and O–H groups in total. The van der Waals surface area contributed by atoms with Crippen molar-refractivity contribution < 1.29 is 27.2 Å². The number of anilines is 3. The number of fused-ring (bicyclic) bond motifs is 1. The fourth-order valence-electron chi connectivity index (χ4n) is 5.74. The Labute approximate surface area is 249 Å². The van der Waals surface area contributed by atoms with E-state index in [-0.39, 0.29) is 33.5 Å². The highest BCUT2D eigenvalue weighted by Gasteiger charge is 2.45. The summed E-state index contributed by atoms with van der Waals surface area (Å²) in [5, 5.41) is 8.70. The number of amides is 2. The van der Waals surface area contributed by atoms with Crippen LogP contribution in [0, 0.1) is 11.6 Å². The van der Waals surface area contributed by atoms with Crippen LogP contribution in [0.5, 0.6) is 0 Å². The molecule has 4 aromatic rings. The molecule has 222 valence electrons. The van der Waals surface area contributed by atoms with E-state index in [1.165, 1.54) is 36.5 Å². The summed E-state index contributed by atoms with van der Waals surface area (Å²) in [6.45, 7) is 0. The molecule has 1 saturated carbocycles. The third-order valence-electron chi connectivity index (χ3n) is 8.02. The first-order valence-electron chi connectivity index (χ1n) is 13.7. The van der Waals surface area contributed by atoms with Crippen molar-refractivity contribution in [3.63, 3.8) is 0 Å². The average Bonchev–Trinajstić information content (AvgIpc) is 3.32. The minimum atomic E-state index is -2.78. The summed E-state index contributed by atoms with van der Waals surface area (Å²) in [5.74, 6) is -3.38. The smallest absolute Gasteiger partial charge is 0.255 e. The number of hydrogen-bond acceptors (Lipinski definition) is 4. The maximum atomic E-state index is 14.3. The number of nitrogens with zero attached hydrogens (tertiary/aromatic N) is 1. The molecule has 3 heterocycles. The highest BCUT2D eigenvalue weighted by molar-refractivity contribution is 6.33. The van der Waals surface area contributed by atoms with Gasteiger partial charge in [-0.05, 0) is 61.2 Å². The summed E-state index contributed by atoms with van der Waals surface area (Å²) in [5.41, 5.74) is 2.57. The number of aromatic nitrogens is 2. The number of halogens is 5. The summed E-state index contributed by atoms with van der Waals surface area (Å²) in [6, 6.07) is 12.3. The Hall–Kier alpha value is -4.38.